The number of methoxy groups -OCH3 is 1. The number of aliphatic hydroxyl groups is 4. The van der Waals surface area contributed by atoms with Crippen LogP contribution in [-0.4, -0.2) is 94.1 Å². The van der Waals surface area contributed by atoms with Crippen molar-refractivity contribution in [2.45, 2.75) is 107 Å². The molecule has 0 aromatic heterocycles. The number of carbonyl (C=O) groups is 2. The largest absolute Gasteiger partial charge is 0.504 e. The topological polar surface area (TPSA) is 161 Å². The molecule has 0 spiro atoms. The van der Waals surface area contributed by atoms with Crippen LogP contribution < -0.4 is 0 Å². The fourth-order valence-electron chi connectivity index (χ4n) is 9.84. The van der Waals surface area contributed by atoms with E-state index in [4.69, 9.17) is 23.7 Å². The van der Waals surface area contributed by atoms with E-state index < -0.39 is 82.6 Å². The summed E-state index contributed by atoms with van der Waals surface area (Å²) in [4.78, 5) is 26.0. The fraction of sp³-hybridized carbons (Fsp3) is 0.800. The number of cyclic esters (lactones) is 1. The highest BCUT2D eigenvalue weighted by molar-refractivity contribution is 6.02. The summed E-state index contributed by atoms with van der Waals surface area (Å²) >= 11 is 0. The van der Waals surface area contributed by atoms with Crippen LogP contribution in [0.2, 0.25) is 0 Å². The van der Waals surface area contributed by atoms with Gasteiger partial charge in [-0.3, -0.25) is 4.79 Å². The van der Waals surface area contributed by atoms with Gasteiger partial charge < -0.3 is 44.1 Å². The smallest absolute Gasteiger partial charge is 0.331 e. The van der Waals surface area contributed by atoms with Crippen LogP contribution in [0.15, 0.2) is 23.0 Å². The molecule has 7 rings (SSSR count). The molecule has 0 aromatic carbocycles. The average Bonchev–Trinajstić information content (AvgIpc) is 3.46. The third kappa shape index (κ3) is 3.39. The summed E-state index contributed by atoms with van der Waals surface area (Å²) < 4.78 is 29.0. The van der Waals surface area contributed by atoms with Crippen molar-refractivity contribution < 1.29 is 53.7 Å². The second-order valence-electron chi connectivity index (χ2n) is 13.7. The van der Waals surface area contributed by atoms with Crippen LogP contribution in [0.5, 0.6) is 0 Å². The SMILES string of the molecule is CO[C@@H]1[C@@H](O)[C@@H](C)O[C@H]2O[C@@H]3C[C@H]4CC[C@@H]5C(=C(O)C(=O)[C@]6(C)[C@@H](C7=CC(=O)OC7)CC[C@]56O)[C@@]4(C)C[C@H]3O[C@]21O. The van der Waals surface area contributed by atoms with Crippen molar-refractivity contribution in [3.63, 3.8) is 0 Å². The summed E-state index contributed by atoms with van der Waals surface area (Å²) in [7, 11) is 1.38. The number of aliphatic hydroxyl groups excluding tert-OH is 2. The van der Waals surface area contributed by atoms with E-state index in [1.165, 1.54) is 13.2 Å². The fourth-order valence-corrected chi connectivity index (χ4v) is 9.84. The molecule has 226 valence electrons. The Hall–Kier alpha value is -1.86. The van der Waals surface area contributed by atoms with Crippen LogP contribution in [0.4, 0.5) is 0 Å². The van der Waals surface area contributed by atoms with Gasteiger partial charge >= 0.3 is 5.97 Å². The van der Waals surface area contributed by atoms with Gasteiger partial charge in [0.05, 0.1) is 29.3 Å². The Morgan fingerprint density at radius 3 is 2.49 bits per heavy atom. The highest BCUT2D eigenvalue weighted by Crippen LogP contribution is 2.68. The quantitative estimate of drug-likeness (QED) is 0.278. The van der Waals surface area contributed by atoms with Crippen molar-refractivity contribution >= 4 is 11.8 Å². The van der Waals surface area contributed by atoms with Gasteiger partial charge in [-0.05, 0) is 80.8 Å². The summed E-state index contributed by atoms with van der Waals surface area (Å²) in [5.74, 6) is -4.16. The van der Waals surface area contributed by atoms with Gasteiger partial charge in [0.25, 0.3) is 0 Å². The highest BCUT2D eigenvalue weighted by atomic mass is 16.8. The molecule has 13 atom stereocenters. The third-order valence-corrected chi connectivity index (χ3v) is 12.1. The molecule has 3 aliphatic heterocycles. The van der Waals surface area contributed by atoms with Crippen molar-refractivity contribution in [2.24, 2.45) is 28.6 Å². The molecule has 3 saturated carbocycles. The van der Waals surface area contributed by atoms with Gasteiger partial charge in [-0.25, -0.2) is 4.79 Å². The molecular formula is C30H40O11. The molecule has 3 heterocycles. The van der Waals surface area contributed by atoms with E-state index in [-0.39, 0.29) is 18.3 Å². The van der Waals surface area contributed by atoms with Crippen molar-refractivity contribution in [1.29, 1.82) is 0 Å². The number of allylic oxidation sites excluding steroid dienone is 1. The lowest BCUT2D eigenvalue weighted by Crippen LogP contribution is -2.73. The Morgan fingerprint density at radius 2 is 1.80 bits per heavy atom. The normalized spacial score (nSPS) is 54.4. The van der Waals surface area contributed by atoms with Crippen molar-refractivity contribution in [2.75, 3.05) is 13.7 Å². The number of fused-ring (bicyclic) bond motifs is 7. The number of esters is 1. The second kappa shape index (κ2) is 8.84. The van der Waals surface area contributed by atoms with Gasteiger partial charge in [-0.1, -0.05) is 6.92 Å². The Kier molecular flexibility index (Phi) is 6.03. The van der Waals surface area contributed by atoms with Crippen LogP contribution in [-0.2, 0) is 33.3 Å². The zero-order valence-corrected chi connectivity index (χ0v) is 23.9. The minimum Gasteiger partial charge on any atom is -0.504 e. The summed E-state index contributed by atoms with van der Waals surface area (Å²) in [6.07, 6.45) is -0.575. The van der Waals surface area contributed by atoms with Crippen LogP contribution in [0.25, 0.3) is 0 Å². The van der Waals surface area contributed by atoms with Crippen LogP contribution in [0.3, 0.4) is 0 Å². The van der Waals surface area contributed by atoms with E-state index in [2.05, 4.69) is 0 Å². The predicted molar refractivity (Wildman–Crippen MR) is 139 cm³/mol. The van der Waals surface area contributed by atoms with E-state index in [0.717, 1.165) is 6.42 Å². The molecule has 0 amide bonds. The van der Waals surface area contributed by atoms with Gasteiger partial charge in [-0.15, -0.1) is 0 Å². The molecule has 0 aromatic rings. The average molecular weight is 577 g/mol. The number of hydrogen-bond donors (Lipinski definition) is 4. The Balaban J connectivity index is 1.25. The molecule has 0 radical (unpaired) electrons. The molecule has 7 aliphatic rings. The van der Waals surface area contributed by atoms with Gasteiger partial charge in [-0.2, -0.15) is 0 Å². The lowest BCUT2D eigenvalue weighted by Gasteiger charge is -2.62. The summed E-state index contributed by atoms with van der Waals surface area (Å²) in [6, 6.07) is 0. The standard InChI is InChI=1S/C30H40O11/c1-13-22(32)25(37-4)30(36)26(39-13)40-18-10-15-5-6-17-21(27(15,2)11-19(18)41-30)23(33)24(34)28(3)16(7-8-29(17,28)35)14-9-20(31)38-12-14/h9,13,15-19,22,25-26,32-33,35-36H,5-8,10-12H2,1-4H3/t13-,15-,16-,17-,18-,19-,22+,25-,26+,27+,28+,29+,30+/m1/s1. The molecule has 0 unspecified atom stereocenters. The Labute approximate surface area is 238 Å². The van der Waals surface area contributed by atoms with E-state index in [9.17, 15) is 30.0 Å². The molecule has 2 saturated heterocycles. The zero-order valence-electron chi connectivity index (χ0n) is 23.9. The van der Waals surface area contributed by atoms with Crippen molar-refractivity contribution in [1.82, 2.24) is 0 Å². The molecule has 5 fully saturated rings. The van der Waals surface area contributed by atoms with Crippen LogP contribution in [0, 0.1) is 28.6 Å². The number of ketones is 1. The lowest BCUT2D eigenvalue weighted by atomic mass is 9.46. The third-order valence-electron chi connectivity index (χ3n) is 12.1. The van der Waals surface area contributed by atoms with Crippen molar-refractivity contribution in [3.05, 3.63) is 23.0 Å². The molecule has 4 aliphatic carbocycles. The molecule has 41 heavy (non-hydrogen) atoms. The van der Waals surface area contributed by atoms with Crippen LogP contribution >= 0.6 is 0 Å². The molecule has 0 bridgehead atoms. The first-order chi connectivity index (χ1) is 19.3. The zero-order chi connectivity index (χ0) is 29.3. The second-order valence-corrected chi connectivity index (χ2v) is 13.7. The maximum Gasteiger partial charge on any atom is 0.331 e. The maximum atomic E-state index is 14.1. The molecule has 11 nitrogen and oxygen atoms in total. The van der Waals surface area contributed by atoms with E-state index in [1.54, 1.807) is 13.8 Å². The maximum absolute atomic E-state index is 14.1. The first-order valence-corrected chi connectivity index (χ1v) is 14.8. The first-order valence-electron chi connectivity index (χ1n) is 14.8. The Morgan fingerprint density at radius 1 is 1.05 bits per heavy atom. The number of Topliss-reactive ketones (excluding diaryl/α,β-unsaturated/α-hetero) is 1. The lowest BCUT2D eigenvalue weighted by molar-refractivity contribution is -0.469. The predicted octanol–water partition coefficient (Wildman–Crippen LogP) is 1.43. The molecule has 11 heteroatoms. The van der Waals surface area contributed by atoms with Crippen LogP contribution in [0.1, 0.15) is 59.3 Å². The van der Waals surface area contributed by atoms with Gasteiger partial charge in [0.15, 0.2) is 5.76 Å². The van der Waals surface area contributed by atoms with Gasteiger partial charge in [0, 0.05) is 19.1 Å². The number of hydrogen-bond acceptors (Lipinski definition) is 11. The Bertz CT molecular complexity index is 1240. The number of carbonyl (C=O) groups excluding carboxylic acids is 2. The summed E-state index contributed by atoms with van der Waals surface area (Å²) in [6.45, 7) is 5.50. The first kappa shape index (κ1) is 27.9. The molecule has 4 N–H and O–H groups in total. The van der Waals surface area contributed by atoms with E-state index in [0.29, 0.717) is 43.3 Å². The number of ether oxygens (including phenoxy) is 5. The van der Waals surface area contributed by atoms with E-state index >= 15 is 0 Å². The van der Waals surface area contributed by atoms with Gasteiger partial charge in [0.1, 0.15) is 18.8 Å². The minimum absolute atomic E-state index is 0.0262. The summed E-state index contributed by atoms with van der Waals surface area (Å²) in [5.41, 5.74) is -2.18. The number of rotatable bonds is 2. The minimum atomic E-state index is -2.05. The monoisotopic (exact) mass is 576 g/mol. The van der Waals surface area contributed by atoms with Crippen molar-refractivity contribution in [3.8, 4) is 0 Å². The summed E-state index contributed by atoms with van der Waals surface area (Å²) in [5, 5.41) is 46.4. The van der Waals surface area contributed by atoms with E-state index in [1.807, 2.05) is 6.92 Å². The highest BCUT2D eigenvalue weighted by Gasteiger charge is 2.72. The molecular weight excluding hydrogens is 536 g/mol. The van der Waals surface area contributed by atoms with Gasteiger partial charge in [0.2, 0.25) is 17.9 Å².